The first-order valence-electron chi connectivity index (χ1n) is 8.37. The molecule has 0 saturated carbocycles. The second kappa shape index (κ2) is 9.42. The quantitative estimate of drug-likeness (QED) is 0.603. The van der Waals surface area contributed by atoms with Crippen LogP contribution in [0.25, 0.3) is 6.08 Å². The number of benzene rings is 2. The third-order valence-electron chi connectivity index (χ3n) is 3.74. The maximum Gasteiger partial charge on any atom is 0.331 e. The summed E-state index contributed by atoms with van der Waals surface area (Å²) in [5, 5.41) is 2.64. The zero-order valence-corrected chi connectivity index (χ0v) is 15.2. The van der Waals surface area contributed by atoms with Gasteiger partial charge < -0.3 is 14.8 Å². The molecule has 2 aromatic rings. The van der Waals surface area contributed by atoms with Crippen LogP contribution < -0.4 is 10.1 Å². The van der Waals surface area contributed by atoms with Gasteiger partial charge in [-0.25, -0.2) is 4.79 Å². The van der Waals surface area contributed by atoms with Crippen LogP contribution in [-0.2, 0) is 14.3 Å². The molecule has 0 bridgehead atoms. The molecule has 136 valence electrons. The fourth-order valence-corrected chi connectivity index (χ4v) is 2.28. The van der Waals surface area contributed by atoms with Gasteiger partial charge in [0.05, 0.1) is 12.8 Å². The monoisotopic (exact) mass is 353 g/mol. The summed E-state index contributed by atoms with van der Waals surface area (Å²) in [5.41, 5.74) is 2.65. The SMILES string of the molecule is COc1ccccc1NC(=O)COC(=O)C=Cc1ccc(C(C)C)cc1. The summed E-state index contributed by atoms with van der Waals surface area (Å²) in [7, 11) is 1.52. The molecule has 2 aromatic carbocycles. The van der Waals surface area contributed by atoms with E-state index in [9.17, 15) is 9.59 Å². The van der Waals surface area contributed by atoms with Crippen LogP contribution in [0.15, 0.2) is 54.6 Å². The summed E-state index contributed by atoms with van der Waals surface area (Å²) in [6.45, 7) is 3.88. The Bertz CT molecular complexity index is 779. The average Bonchev–Trinajstić information content (AvgIpc) is 2.65. The highest BCUT2D eigenvalue weighted by Gasteiger charge is 2.08. The van der Waals surface area contributed by atoms with Gasteiger partial charge in [-0.05, 0) is 35.3 Å². The molecule has 0 heterocycles. The Hall–Kier alpha value is -3.08. The minimum Gasteiger partial charge on any atom is -0.495 e. The molecule has 1 N–H and O–H groups in total. The number of hydrogen-bond donors (Lipinski definition) is 1. The summed E-state index contributed by atoms with van der Waals surface area (Å²) in [5.74, 6) is -0.0117. The van der Waals surface area contributed by atoms with Crippen LogP contribution in [0.1, 0.15) is 30.9 Å². The van der Waals surface area contributed by atoms with Crippen molar-refractivity contribution in [3.63, 3.8) is 0 Å². The van der Waals surface area contributed by atoms with Crippen molar-refractivity contribution < 1.29 is 19.1 Å². The van der Waals surface area contributed by atoms with Crippen LogP contribution >= 0.6 is 0 Å². The number of anilines is 1. The largest absolute Gasteiger partial charge is 0.495 e. The fourth-order valence-electron chi connectivity index (χ4n) is 2.28. The van der Waals surface area contributed by atoms with Crippen molar-refractivity contribution >= 4 is 23.6 Å². The molecule has 0 atom stereocenters. The van der Waals surface area contributed by atoms with E-state index in [0.29, 0.717) is 17.4 Å². The lowest BCUT2D eigenvalue weighted by Gasteiger charge is -2.09. The highest BCUT2D eigenvalue weighted by Crippen LogP contribution is 2.22. The van der Waals surface area contributed by atoms with E-state index in [2.05, 4.69) is 19.2 Å². The molecule has 5 heteroatoms. The fraction of sp³-hybridized carbons (Fsp3) is 0.238. The minimum absolute atomic E-state index is 0.368. The van der Waals surface area contributed by atoms with Gasteiger partial charge in [0.15, 0.2) is 6.61 Å². The van der Waals surface area contributed by atoms with Crippen LogP contribution in [0.2, 0.25) is 0 Å². The zero-order chi connectivity index (χ0) is 18.9. The Morgan fingerprint density at radius 2 is 1.77 bits per heavy atom. The number of esters is 1. The normalized spacial score (nSPS) is 10.8. The number of rotatable bonds is 7. The van der Waals surface area contributed by atoms with Gasteiger partial charge in [-0.3, -0.25) is 4.79 Å². The number of para-hydroxylation sites is 2. The van der Waals surface area contributed by atoms with E-state index in [1.807, 2.05) is 24.3 Å². The highest BCUT2D eigenvalue weighted by atomic mass is 16.5. The van der Waals surface area contributed by atoms with Gasteiger partial charge in [0.2, 0.25) is 0 Å². The second-order valence-electron chi connectivity index (χ2n) is 6.01. The Morgan fingerprint density at radius 1 is 1.08 bits per heavy atom. The topological polar surface area (TPSA) is 64.6 Å². The molecule has 1 amide bonds. The number of amides is 1. The average molecular weight is 353 g/mol. The van der Waals surface area contributed by atoms with E-state index >= 15 is 0 Å². The minimum atomic E-state index is -0.576. The molecule has 2 rings (SSSR count). The summed E-state index contributed by atoms with van der Waals surface area (Å²) in [4.78, 5) is 23.7. The molecular weight excluding hydrogens is 330 g/mol. The first kappa shape index (κ1) is 19.2. The van der Waals surface area contributed by atoms with Crippen molar-refractivity contribution in [2.24, 2.45) is 0 Å². The predicted octanol–water partition coefficient (Wildman–Crippen LogP) is 4.01. The van der Waals surface area contributed by atoms with E-state index in [0.717, 1.165) is 5.56 Å². The lowest BCUT2D eigenvalue weighted by Crippen LogP contribution is -2.20. The van der Waals surface area contributed by atoms with Gasteiger partial charge in [-0.1, -0.05) is 50.2 Å². The molecule has 5 nitrogen and oxygen atoms in total. The van der Waals surface area contributed by atoms with Crippen molar-refractivity contribution in [2.75, 3.05) is 19.0 Å². The van der Waals surface area contributed by atoms with Crippen molar-refractivity contribution in [1.82, 2.24) is 0 Å². The first-order chi connectivity index (χ1) is 12.5. The van der Waals surface area contributed by atoms with Gasteiger partial charge in [0, 0.05) is 6.08 Å². The molecule has 0 spiro atoms. The second-order valence-corrected chi connectivity index (χ2v) is 6.01. The number of carbonyl (C=O) groups is 2. The third-order valence-corrected chi connectivity index (χ3v) is 3.74. The Balaban J connectivity index is 1.83. The number of hydrogen-bond acceptors (Lipinski definition) is 4. The van der Waals surface area contributed by atoms with E-state index in [1.54, 1.807) is 30.3 Å². The Morgan fingerprint density at radius 3 is 2.42 bits per heavy atom. The third kappa shape index (κ3) is 5.77. The summed E-state index contributed by atoms with van der Waals surface area (Å²) in [6, 6.07) is 14.9. The van der Waals surface area contributed by atoms with Crippen LogP contribution in [0.3, 0.4) is 0 Å². The van der Waals surface area contributed by atoms with E-state index in [-0.39, 0.29) is 6.61 Å². The van der Waals surface area contributed by atoms with Gasteiger partial charge in [-0.2, -0.15) is 0 Å². The van der Waals surface area contributed by atoms with Crippen LogP contribution in [-0.4, -0.2) is 25.6 Å². The smallest absolute Gasteiger partial charge is 0.331 e. The predicted molar refractivity (Wildman–Crippen MR) is 102 cm³/mol. The maximum atomic E-state index is 11.9. The molecule has 0 fully saturated rings. The summed E-state index contributed by atoms with van der Waals surface area (Å²) >= 11 is 0. The van der Waals surface area contributed by atoms with E-state index in [4.69, 9.17) is 9.47 Å². The zero-order valence-electron chi connectivity index (χ0n) is 15.2. The molecule has 0 aliphatic rings. The van der Waals surface area contributed by atoms with Crippen LogP contribution in [0.4, 0.5) is 5.69 Å². The molecule has 0 radical (unpaired) electrons. The number of nitrogens with one attached hydrogen (secondary N) is 1. The standard InChI is InChI=1S/C21H23NO4/c1-15(2)17-11-8-16(9-12-17)10-13-21(24)26-14-20(23)22-18-6-4-5-7-19(18)25-3/h4-13,15H,14H2,1-3H3,(H,22,23). The molecular formula is C21H23NO4. The van der Waals surface area contributed by atoms with Crippen molar-refractivity contribution in [3.05, 3.63) is 65.7 Å². The summed E-state index contributed by atoms with van der Waals surface area (Å²) < 4.78 is 10.1. The molecule has 0 aliphatic heterocycles. The lowest BCUT2D eigenvalue weighted by atomic mass is 10.0. The van der Waals surface area contributed by atoms with Gasteiger partial charge in [-0.15, -0.1) is 0 Å². The van der Waals surface area contributed by atoms with Crippen molar-refractivity contribution in [3.8, 4) is 5.75 Å². The number of carbonyl (C=O) groups excluding carboxylic acids is 2. The van der Waals surface area contributed by atoms with Crippen LogP contribution in [0, 0.1) is 0 Å². The molecule has 0 aliphatic carbocycles. The Kier molecular flexibility index (Phi) is 6.97. The van der Waals surface area contributed by atoms with Gasteiger partial charge in [0.25, 0.3) is 5.91 Å². The van der Waals surface area contributed by atoms with Crippen molar-refractivity contribution in [1.29, 1.82) is 0 Å². The van der Waals surface area contributed by atoms with E-state index in [1.165, 1.54) is 18.7 Å². The van der Waals surface area contributed by atoms with E-state index < -0.39 is 11.9 Å². The van der Waals surface area contributed by atoms with Crippen LogP contribution in [0.5, 0.6) is 5.75 Å². The summed E-state index contributed by atoms with van der Waals surface area (Å²) in [6.07, 6.45) is 2.96. The Labute approximate surface area is 153 Å². The highest BCUT2D eigenvalue weighted by molar-refractivity contribution is 5.95. The molecule has 0 unspecified atom stereocenters. The first-order valence-corrected chi connectivity index (χ1v) is 8.37. The number of ether oxygens (including phenoxy) is 2. The molecule has 0 aromatic heterocycles. The number of methoxy groups -OCH3 is 1. The lowest BCUT2D eigenvalue weighted by molar-refractivity contribution is -0.142. The van der Waals surface area contributed by atoms with Gasteiger partial charge in [0.1, 0.15) is 5.75 Å². The molecule has 0 saturated heterocycles. The maximum absolute atomic E-state index is 11.9. The van der Waals surface area contributed by atoms with Crippen molar-refractivity contribution in [2.45, 2.75) is 19.8 Å². The molecule has 26 heavy (non-hydrogen) atoms. The van der Waals surface area contributed by atoms with Gasteiger partial charge >= 0.3 is 5.97 Å².